The molecule has 11 heteroatoms. The van der Waals surface area contributed by atoms with E-state index in [-0.39, 0.29) is 59.6 Å². The van der Waals surface area contributed by atoms with Crippen molar-refractivity contribution >= 4 is 70.4 Å². The van der Waals surface area contributed by atoms with Crippen LogP contribution in [-0.2, 0) is 16.0 Å². The zero-order valence-electron chi connectivity index (χ0n) is 18.2. The molecule has 0 aliphatic carbocycles. The van der Waals surface area contributed by atoms with E-state index in [0.29, 0.717) is 16.9 Å². The summed E-state index contributed by atoms with van der Waals surface area (Å²) in [5.41, 5.74) is -2.61. The number of fused-ring (bicyclic) bond motifs is 5. The number of nitrogens with one attached hydrogen (secondary N) is 1. The quantitative estimate of drug-likeness (QED) is 0.398. The van der Waals surface area contributed by atoms with Crippen LogP contribution in [0.15, 0.2) is 55.6 Å². The lowest BCUT2D eigenvalue weighted by atomic mass is 9.99. The van der Waals surface area contributed by atoms with Gasteiger partial charge >= 0.3 is 12.1 Å². The Morgan fingerprint density at radius 2 is 1.31 bits per heavy atom. The van der Waals surface area contributed by atoms with E-state index < -0.39 is 33.8 Å². The summed E-state index contributed by atoms with van der Waals surface area (Å²) in [5.74, 6) is -2.42. The van der Waals surface area contributed by atoms with Crippen LogP contribution in [-0.4, -0.2) is 17.9 Å². The SMILES string of the molecule is CC(=O)Cc1ccc2c(=O)c3sc4c(=O)c5ccc(NC(=O)C(F)(F)F)cc5c(=O)c4c3c(=O)c2c1. The summed E-state index contributed by atoms with van der Waals surface area (Å²) in [7, 11) is 0. The molecular formula is C25H12F3NO6S. The lowest BCUT2D eigenvalue weighted by molar-refractivity contribution is -0.167. The third-order valence-electron chi connectivity index (χ3n) is 5.83. The van der Waals surface area contributed by atoms with Gasteiger partial charge in [0.05, 0.1) is 20.2 Å². The summed E-state index contributed by atoms with van der Waals surface area (Å²) in [6.45, 7) is 1.37. The van der Waals surface area contributed by atoms with Gasteiger partial charge in [0.1, 0.15) is 5.78 Å². The van der Waals surface area contributed by atoms with E-state index in [0.717, 1.165) is 18.2 Å². The highest BCUT2D eigenvalue weighted by Gasteiger charge is 2.38. The summed E-state index contributed by atoms with van der Waals surface area (Å²) in [6, 6.07) is 7.46. The molecule has 36 heavy (non-hydrogen) atoms. The van der Waals surface area contributed by atoms with Crippen LogP contribution >= 0.6 is 11.3 Å². The average molecular weight is 511 g/mol. The fourth-order valence-electron chi connectivity index (χ4n) is 4.28. The smallest absolute Gasteiger partial charge is 0.318 e. The Hall–Kier alpha value is -4.25. The van der Waals surface area contributed by atoms with Crippen molar-refractivity contribution in [1.82, 2.24) is 0 Å². The second-order valence-electron chi connectivity index (χ2n) is 8.30. The molecule has 180 valence electrons. The Balaban J connectivity index is 1.87. The van der Waals surface area contributed by atoms with Crippen LogP contribution in [0.2, 0.25) is 0 Å². The highest BCUT2D eigenvalue weighted by Crippen LogP contribution is 2.30. The number of Topliss-reactive ketones (excluding diaryl/α,β-unsaturated/α-hetero) is 1. The van der Waals surface area contributed by atoms with Gasteiger partial charge in [0, 0.05) is 33.7 Å². The number of thiophene rings is 1. The Labute approximate surface area is 201 Å². The maximum Gasteiger partial charge on any atom is 0.471 e. The number of hydrogen-bond acceptors (Lipinski definition) is 7. The van der Waals surface area contributed by atoms with Gasteiger partial charge < -0.3 is 5.32 Å². The molecule has 7 nitrogen and oxygen atoms in total. The van der Waals surface area contributed by atoms with E-state index in [1.807, 2.05) is 0 Å². The monoisotopic (exact) mass is 511 g/mol. The average Bonchev–Trinajstić information content (AvgIpc) is 3.21. The Morgan fingerprint density at radius 1 is 0.778 bits per heavy atom. The molecule has 0 aliphatic heterocycles. The normalized spacial score (nSPS) is 12.1. The summed E-state index contributed by atoms with van der Waals surface area (Å²) in [5, 5.41) is 0.715. The molecule has 0 atom stereocenters. The van der Waals surface area contributed by atoms with Crippen LogP contribution in [0, 0.1) is 0 Å². The number of alkyl halides is 3. The lowest BCUT2D eigenvalue weighted by Gasteiger charge is -2.08. The molecule has 0 bridgehead atoms. The first-order valence-electron chi connectivity index (χ1n) is 10.4. The predicted octanol–water partition coefficient (Wildman–Crippen LogP) is 3.31. The number of ketones is 1. The van der Waals surface area contributed by atoms with E-state index in [9.17, 15) is 41.9 Å². The zero-order valence-corrected chi connectivity index (χ0v) is 19.0. The number of carbonyl (C=O) groups excluding carboxylic acids is 2. The van der Waals surface area contributed by atoms with Crippen molar-refractivity contribution in [3.8, 4) is 0 Å². The van der Waals surface area contributed by atoms with Crippen LogP contribution in [0.1, 0.15) is 12.5 Å². The molecule has 5 rings (SSSR count). The van der Waals surface area contributed by atoms with E-state index in [4.69, 9.17) is 0 Å². The minimum absolute atomic E-state index is 0.0101. The highest BCUT2D eigenvalue weighted by atomic mass is 32.1. The first-order chi connectivity index (χ1) is 16.9. The topological polar surface area (TPSA) is 114 Å². The van der Waals surface area contributed by atoms with Crippen LogP contribution in [0.5, 0.6) is 0 Å². The molecular weight excluding hydrogens is 499 g/mol. The van der Waals surface area contributed by atoms with Gasteiger partial charge in [0.25, 0.3) is 0 Å². The van der Waals surface area contributed by atoms with Crippen LogP contribution < -0.4 is 27.0 Å². The van der Waals surface area contributed by atoms with Gasteiger partial charge in [-0.05, 0) is 42.8 Å². The molecule has 0 saturated carbocycles. The molecule has 1 N–H and O–H groups in total. The molecule has 5 aromatic rings. The summed E-state index contributed by atoms with van der Waals surface area (Å²) < 4.78 is 37.7. The number of rotatable bonds is 3. The van der Waals surface area contributed by atoms with Crippen molar-refractivity contribution in [2.45, 2.75) is 19.5 Å². The summed E-state index contributed by atoms with van der Waals surface area (Å²) >= 11 is 0.708. The predicted molar refractivity (Wildman–Crippen MR) is 131 cm³/mol. The molecule has 0 fully saturated rings. The Morgan fingerprint density at radius 3 is 1.83 bits per heavy atom. The zero-order chi connectivity index (χ0) is 26.1. The number of halogens is 3. The van der Waals surface area contributed by atoms with Crippen molar-refractivity contribution in [3.63, 3.8) is 0 Å². The lowest BCUT2D eigenvalue weighted by Crippen LogP contribution is -2.30. The van der Waals surface area contributed by atoms with Crippen molar-refractivity contribution in [2.24, 2.45) is 0 Å². The molecule has 0 saturated heterocycles. The number of carbonyl (C=O) groups is 2. The van der Waals surface area contributed by atoms with Crippen LogP contribution in [0.25, 0.3) is 41.7 Å². The molecule has 1 amide bonds. The minimum atomic E-state index is -5.17. The van der Waals surface area contributed by atoms with Gasteiger partial charge in [-0.15, -0.1) is 11.3 Å². The van der Waals surface area contributed by atoms with Crippen molar-refractivity contribution in [2.75, 3.05) is 5.32 Å². The number of hydrogen-bond donors (Lipinski definition) is 1. The molecule has 0 spiro atoms. The molecule has 1 aromatic heterocycles. The summed E-state index contributed by atoms with van der Waals surface area (Å²) in [4.78, 5) is 76.0. The highest BCUT2D eigenvalue weighted by molar-refractivity contribution is 7.25. The van der Waals surface area contributed by atoms with E-state index >= 15 is 0 Å². The van der Waals surface area contributed by atoms with Crippen molar-refractivity contribution in [3.05, 3.63) is 82.9 Å². The Kier molecular flexibility index (Phi) is 5.14. The van der Waals surface area contributed by atoms with Crippen LogP contribution in [0.3, 0.4) is 0 Å². The van der Waals surface area contributed by atoms with E-state index in [2.05, 4.69) is 0 Å². The van der Waals surface area contributed by atoms with Gasteiger partial charge in [-0.25, -0.2) is 0 Å². The maximum atomic E-state index is 13.4. The molecule has 0 unspecified atom stereocenters. The first-order valence-corrected chi connectivity index (χ1v) is 11.2. The fraction of sp³-hybridized carbons (Fsp3) is 0.120. The van der Waals surface area contributed by atoms with Crippen molar-refractivity contribution < 1.29 is 22.8 Å². The number of anilines is 1. The second-order valence-corrected chi connectivity index (χ2v) is 9.32. The van der Waals surface area contributed by atoms with Gasteiger partial charge in [-0.2, -0.15) is 13.2 Å². The molecule has 1 heterocycles. The minimum Gasteiger partial charge on any atom is -0.318 e. The first kappa shape index (κ1) is 23.5. The van der Waals surface area contributed by atoms with Gasteiger partial charge in [0.2, 0.25) is 10.9 Å². The van der Waals surface area contributed by atoms with Gasteiger partial charge in [0.15, 0.2) is 10.9 Å². The largest absolute Gasteiger partial charge is 0.471 e. The van der Waals surface area contributed by atoms with Crippen molar-refractivity contribution in [1.29, 1.82) is 0 Å². The summed E-state index contributed by atoms with van der Waals surface area (Å²) in [6.07, 6.45) is -5.14. The van der Waals surface area contributed by atoms with Crippen LogP contribution in [0.4, 0.5) is 18.9 Å². The number of benzene rings is 4. The standard InChI is InChI=1S/C25H12F3NO6S/c1-9(30)6-10-2-4-12-14(7-10)18(31)16-17-19(32)15-8-11(29-24(35)25(26,27)28)3-5-13(15)21(34)23(17)36-22(16)20(12)33/h2-5,7-8H,6H2,1H3,(H,29,35). The van der Waals surface area contributed by atoms with Gasteiger partial charge in [-0.3, -0.25) is 28.8 Å². The third kappa shape index (κ3) is 3.51. The second kappa shape index (κ2) is 7.89. The molecule has 4 aromatic carbocycles. The third-order valence-corrected chi connectivity index (χ3v) is 7.01. The number of amides is 1. The molecule has 0 radical (unpaired) electrons. The Bertz CT molecular complexity index is 2020. The van der Waals surface area contributed by atoms with E-state index in [1.165, 1.54) is 19.1 Å². The fourth-order valence-corrected chi connectivity index (χ4v) is 5.49. The molecule has 0 aliphatic rings. The van der Waals surface area contributed by atoms with E-state index in [1.54, 1.807) is 11.4 Å². The van der Waals surface area contributed by atoms with Gasteiger partial charge in [-0.1, -0.05) is 6.07 Å². The maximum absolute atomic E-state index is 13.4.